The Morgan fingerprint density at radius 1 is 1.26 bits per heavy atom. The molecule has 0 unspecified atom stereocenters. The highest BCUT2D eigenvalue weighted by atomic mass is 35.5. The van der Waals surface area contributed by atoms with Crippen LogP contribution < -0.4 is 0 Å². The van der Waals surface area contributed by atoms with E-state index < -0.39 is 0 Å². The third kappa shape index (κ3) is 2.07. The molecule has 2 heterocycles. The van der Waals surface area contributed by atoms with E-state index in [1.807, 2.05) is 48.9 Å². The van der Waals surface area contributed by atoms with Gasteiger partial charge in [0.05, 0.1) is 11.2 Å². The van der Waals surface area contributed by atoms with Gasteiger partial charge in [-0.2, -0.15) is 0 Å². The van der Waals surface area contributed by atoms with Crippen molar-refractivity contribution in [1.82, 2.24) is 14.5 Å². The van der Waals surface area contributed by atoms with Crippen LogP contribution in [0.4, 0.5) is 0 Å². The van der Waals surface area contributed by atoms with Gasteiger partial charge in [-0.1, -0.05) is 17.7 Å². The second-order valence-corrected chi connectivity index (χ2v) is 5.40. The summed E-state index contributed by atoms with van der Waals surface area (Å²) in [6.07, 6.45) is 1.83. The Hall–Kier alpha value is -1.65. The van der Waals surface area contributed by atoms with Gasteiger partial charge in [0, 0.05) is 11.2 Å². The smallest absolute Gasteiger partial charge is 0.184 e. The van der Waals surface area contributed by atoms with Crippen molar-refractivity contribution in [3.05, 3.63) is 51.4 Å². The number of aryl methyl sites for hydroxylation is 2. The van der Waals surface area contributed by atoms with Crippen molar-refractivity contribution >= 4 is 35.0 Å². The van der Waals surface area contributed by atoms with E-state index in [9.17, 15) is 0 Å². The molecule has 2 aromatic heterocycles. The summed E-state index contributed by atoms with van der Waals surface area (Å²) in [5.74, 6) is 0. The predicted octanol–water partition coefficient (Wildman–Crippen LogP) is 4.35. The van der Waals surface area contributed by atoms with Crippen molar-refractivity contribution < 1.29 is 0 Å². The normalized spacial score (nSPS) is 11.1. The molecule has 96 valence electrons. The molecule has 1 N–H and O–H groups in total. The van der Waals surface area contributed by atoms with Gasteiger partial charge in [0.1, 0.15) is 0 Å². The van der Waals surface area contributed by atoms with Gasteiger partial charge >= 0.3 is 0 Å². The Labute approximate surface area is 120 Å². The second-order valence-electron chi connectivity index (χ2n) is 4.58. The van der Waals surface area contributed by atoms with Crippen LogP contribution in [0.1, 0.15) is 11.1 Å². The molecule has 0 aliphatic heterocycles. The zero-order valence-corrected chi connectivity index (χ0v) is 12.1. The van der Waals surface area contributed by atoms with Crippen molar-refractivity contribution in [3.8, 4) is 5.69 Å². The standard InChI is InChI=1S/C14H12ClN3S/c1-8-5-11-13(16-7-8)18(14(19)17-11)12-6-10(15)4-3-9(12)2/h3-7H,1-2H3,(H,17,19). The minimum Gasteiger partial charge on any atom is -0.329 e. The summed E-state index contributed by atoms with van der Waals surface area (Å²) >= 11 is 11.5. The third-order valence-corrected chi connectivity index (χ3v) is 3.59. The maximum atomic E-state index is 6.08. The minimum absolute atomic E-state index is 0.624. The lowest BCUT2D eigenvalue weighted by molar-refractivity contribution is 1.03. The Morgan fingerprint density at radius 2 is 2.05 bits per heavy atom. The number of aromatic nitrogens is 3. The number of rotatable bonds is 1. The molecule has 0 aliphatic rings. The van der Waals surface area contributed by atoms with Crippen LogP contribution in [0, 0.1) is 18.6 Å². The minimum atomic E-state index is 0.624. The van der Waals surface area contributed by atoms with Crippen LogP contribution >= 0.6 is 23.8 Å². The zero-order chi connectivity index (χ0) is 13.6. The third-order valence-electron chi connectivity index (χ3n) is 3.07. The molecule has 0 aliphatic carbocycles. The van der Waals surface area contributed by atoms with Crippen molar-refractivity contribution in [2.24, 2.45) is 0 Å². The first kappa shape index (κ1) is 12.4. The summed E-state index contributed by atoms with van der Waals surface area (Å²) in [7, 11) is 0. The van der Waals surface area contributed by atoms with Crippen molar-refractivity contribution in [1.29, 1.82) is 0 Å². The number of aromatic amines is 1. The van der Waals surface area contributed by atoms with E-state index in [0.29, 0.717) is 9.79 Å². The van der Waals surface area contributed by atoms with Gasteiger partial charge in [-0.05, 0) is 55.4 Å². The van der Waals surface area contributed by atoms with E-state index >= 15 is 0 Å². The lowest BCUT2D eigenvalue weighted by Crippen LogP contribution is -1.98. The second kappa shape index (κ2) is 4.47. The summed E-state index contributed by atoms with van der Waals surface area (Å²) in [4.78, 5) is 7.66. The number of pyridine rings is 1. The van der Waals surface area contributed by atoms with Crippen LogP contribution in [0.15, 0.2) is 30.5 Å². The zero-order valence-electron chi connectivity index (χ0n) is 10.6. The first-order valence-corrected chi connectivity index (χ1v) is 6.69. The Bertz CT molecular complexity index is 832. The molecule has 0 fully saturated rings. The van der Waals surface area contributed by atoms with Crippen molar-refractivity contribution in [3.63, 3.8) is 0 Å². The van der Waals surface area contributed by atoms with E-state index in [1.54, 1.807) is 0 Å². The molecule has 3 nitrogen and oxygen atoms in total. The molecule has 0 atom stereocenters. The van der Waals surface area contributed by atoms with Crippen LogP contribution in [0.25, 0.3) is 16.9 Å². The van der Waals surface area contributed by atoms with Crippen LogP contribution in [-0.2, 0) is 0 Å². The van der Waals surface area contributed by atoms with Gasteiger partial charge in [-0.25, -0.2) is 4.98 Å². The number of hydrogen-bond acceptors (Lipinski definition) is 2. The van der Waals surface area contributed by atoms with Gasteiger partial charge in [0.25, 0.3) is 0 Å². The summed E-state index contributed by atoms with van der Waals surface area (Å²) in [5.41, 5.74) is 4.91. The van der Waals surface area contributed by atoms with E-state index in [1.165, 1.54) is 0 Å². The topological polar surface area (TPSA) is 33.6 Å². The summed E-state index contributed by atoms with van der Waals surface area (Å²) < 4.78 is 2.55. The van der Waals surface area contributed by atoms with Gasteiger partial charge < -0.3 is 4.98 Å². The van der Waals surface area contributed by atoms with E-state index in [0.717, 1.165) is 28.0 Å². The fourth-order valence-electron chi connectivity index (χ4n) is 2.15. The number of nitrogens with zero attached hydrogens (tertiary/aromatic N) is 2. The first-order valence-electron chi connectivity index (χ1n) is 5.90. The quantitative estimate of drug-likeness (QED) is 0.676. The van der Waals surface area contributed by atoms with Crippen molar-refractivity contribution in [2.45, 2.75) is 13.8 Å². The highest BCUT2D eigenvalue weighted by Crippen LogP contribution is 2.24. The number of fused-ring (bicyclic) bond motifs is 1. The molecule has 5 heteroatoms. The molecule has 0 spiro atoms. The van der Waals surface area contributed by atoms with Gasteiger partial charge in [0.15, 0.2) is 10.4 Å². The predicted molar refractivity (Wildman–Crippen MR) is 80.7 cm³/mol. The highest BCUT2D eigenvalue weighted by molar-refractivity contribution is 7.71. The average Bonchev–Trinajstić information content (AvgIpc) is 2.67. The molecule has 19 heavy (non-hydrogen) atoms. The molecule has 0 saturated heterocycles. The van der Waals surface area contributed by atoms with Crippen LogP contribution in [0.5, 0.6) is 0 Å². The molecular weight excluding hydrogens is 278 g/mol. The van der Waals surface area contributed by atoms with Crippen LogP contribution in [0.3, 0.4) is 0 Å². The monoisotopic (exact) mass is 289 g/mol. The molecular formula is C14H12ClN3S. The molecule has 0 saturated carbocycles. The SMILES string of the molecule is Cc1cnc2c(c1)[nH]c(=S)n2-c1cc(Cl)ccc1C. The maximum Gasteiger partial charge on any atom is 0.184 e. The number of halogens is 1. The largest absolute Gasteiger partial charge is 0.329 e. The van der Waals surface area contributed by atoms with Gasteiger partial charge in [0.2, 0.25) is 0 Å². The average molecular weight is 290 g/mol. The highest BCUT2D eigenvalue weighted by Gasteiger charge is 2.10. The first-order chi connectivity index (χ1) is 9.06. The van der Waals surface area contributed by atoms with Crippen molar-refractivity contribution in [2.75, 3.05) is 0 Å². The van der Waals surface area contributed by atoms with Crippen LogP contribution in [-0.4, -0.2) is 14.5 Å². The number of imidazole rings is 1. The van der Waals surface area contributed by atoms with Gasteiger partial charge in [-0.3, -0.25) is 4.57 Å². The Morgan fingerprint density at radius 3 is 2.84 bits per heavy atom. The maximum absolute atomic E-state index is 6.08. The Kier molecular flexibility index (Phi) is 2.92. The fraction of sp³-hybridized carbons (Fsp3) is 0.143. The lowest BCUT2D eigenvalue weighted by atomic mass is 10.2. The number of benzene rings is 1. The van der Waals surface area contributed by atoms with Gasteiger partial charge in [-0.15, -0.1) is 0 Å². The lowest BCUT2D eigenvalue weighted by Gasteiger charge is -2.08. The molecule has 3 aromatic rings. The summed E-state index contributed by atoms with van der Waals surface area (Å²) in [5, 5.41) is 0.684. The van der Waals surface area contributed by atoms with Crippen LogP contribution in [0.2, 0.25) is 5.02 Å². The Balaban J connectivity index is 2.39. The fourth-order valence-corrected chi connectivity index (χ4v) is 2.61. The van der Waals surface area contributed by atoms with E-state index in [4.69, 9.17) is 23.8 Å². The molecule has 3 rings (SSSR count). The van der Waals surface area contributed by atoms with E-state index in [2.05, 4.69) is 9.97 Å². The number of H-pyrrole nitrogens is 1. The molecule has 0 amide bonds. The summed E-state index contributed by atoms with van der Waals surface area (Å²) in [6, 6.07) is 7.79. The molecule has 0 radical (unpaired) electrons. The molecule has 0 bridgehead atoms. The summed E-state index contributed by atoms with van der Waals surface area (Å²) in [6.45, 7) is 4.03. The number of nitrogens with one attached hydrogen (secondary N) is 1. The van der Waals surface area contributed by atoms with E-state index in [-0.39, 0.29) is 0 Å². The number of hydrogen-bond donors (Lipinski definition) is 1. The molecule has 1 aromatic carbocycles.